The number of aliphatic imine (C=N–C) groups is 1. The van der Waals surface area contributed by atoms with Gasteiger partial charge in [-0.05, 0) is 29.7 Å². The molecular formula is C16H12N2O. The number of aromatic amines is 1. The van der Waals surface area contributed by atoms with Gasteiger partial charge in [-0.15, -0.1) is 0 Å². The highest BCUT2D eigenvalue weighted by Crippen LogP contribution is 2.22. The second-order valence-corrected chi connectivity index (χ2v) is 4.20. The SMILES string of the molecule is O=C1C=Nc2ccccc21.c1ccc2[nH]ccc2c1. The largest absolute Gasteiger partial charge is 0.361 e. The summed E-state index contributed by atoms with van der Waals surface area (Å²) in [7, 11) is 0. The van der Waals surface area contributed by atoms with Crippen molar-refractivity contribution in [2.45, 2.75) is 0 Å². The number of hydrogen-bond acceptors (Lipinski definition) is 2. The fourth-order valence-corrected chi connectivity index (χ4v) is 1.99. The van der Waals surface area contributed by atoms with E-state index in [2.05, 4.69) is 28.2 Å². The Morgan fingerprint density at radius 2 is 1.68 bits per heavy atom. The fraction of sp³-hybridized carbons (Fsp3) is 0. The van der Waals surface area contributed by atoms with E-state index < -0.39 is 0 Å². The molecule has 4 rings (SSSR count). The first-order chi connectivity index (χ1) is 9.34. The molecule has 0 bridgehead atoms. The molecule has 0 spiro atoms. The van der Waals surface area contributed by atoms with E-state index in [4.69, 9.17) is 0 Å². The molecule has 1 aromatic heterocycles. The molecule has 3 aromatic rings. The van der Waals surface area contributed by atoms with Crippen LogP contribution in [0.3, 0.4) is 0 Å². The van der Waals surface area contributed by atoms with Crippen molar-refractivity contribution in [3.63, 3.8) is 0 Å². The van der Waals surface area contributed by atoms with E-state index in [1.165, 1.54) is 17.1 Å². The molecule has 1 aliphatic rings. The number of H-pyrrole nitrogens is 1. The van der Waals surface area contributed by atoms with Crippen LogP contribution in [0, 0.1) is 0 Å². The van der Waals surface area contributed by atoms with E-state index in [9.17, 15) is 4.79 Å². The number of Topliss-reactive ketones (excluding diaryl/α,β-unsaturated/α-hetero) is 1. The lowest BCUT2D eigenvalue weighted by Gasteiger charge is -1.90. The lowest BCUT2D eigenvalue weighted by Crippen LogP contribution is -1.92. The number of ketones is 1. The van der Waals surface area contributed by atoms with Gasteiger partial charge in [-0.3, -0.25) is 9.79 Å². The Bertz CT molecular complexity index is 726. The molecule has 0 unspecified atom stereocenters. The number of nitrogens with zero attached hydrogens (tertiary/aromatic N) is 1. The third-order valence-corrected chi connectivity index (χ3v) is 2.95. The fourth-order valence-electron chi connectivity index (χ4n) is 1.99. The molecule has 0 aliphatic carbocycles. The van der Waals surface area contributed by atoms with E-state index in [-0.39, 0.29) is 5.78 Å². The van der Waals surface area contributed by atoms with Crippen LogP contribution in [-0.4, -0.2) is 17.0 Å². The molecule has 0 atom stereocenters. The predicted molar refractivity (Wildman–Crippen MR) is 77.2 cm³/mol. The van der Waals surface area contributed by atoms with Gasteiger partial charge in [0.15, 0.2) is 0 Å². The van der Waals surface area contributed by atoms with Crippen molar-refractivity contribution in [2.24, 2.45) is 4.99 Å². The number of benzene rings is 2. The minimum Gasteiger partial charge on any atom is -0.361 e. The monoisotopic (exact) mass is 248 g/mol. The van der Waals surface area contributed by atoms with Gasteiger partial charge in [0.2, 0.25) is 5.78 Å². The van der Waals surface area contributed by atoms with Crippen molar-refractivity contribution in [1.82, 2.24) is 4.98 Å². The van der Waals surface area contributed by atoms with Crippen LogP contribution in [0.2, 0.25) is 0 Å². The standard InChI is InChI=1S/C8H5NO.C8H7N/c10-8-5-9-7-4-2-1-3-6(7)8;1-2-4-8-7(3-1)5-6-9-8/h1-5H;1-6,9H. The van der Waals surface area contributed by atoms with E-state index >= 15 is 0 Å². The van der Waals surface area contributed by atoms with Gasteiger partial charge in [0.25, 0.3) is 0 Å². The number of aromatic nitrogens is 1. The quantitative estimate of drug-likeness (QED) is 0.647. The summed E-state index contributed by atoms with van der Waals surface area (Å²) in [4.78, 5) is 17.9. The van der Waals surface area contributed by atoms with Gasteiger partial charge < -0.3 is 4.98 Å². The minimum absolute atomic E-state index is 0.00981. The van der Waals surface area contributed by atoms with Crippen LogP contribution in [0.15, 0.2) is 65.8 Å². The smallest absolute Gasteiger partial charge is 0.206 e. The minimum atomic E-state index is 0.00981. The van der Waals surface area contributed by atoms with Crippen molar-refractivity contribution in [2.75, 3.05) is 0 Å². The molecule has 19 heavy (non-hydrogen) atoms. The topological polar surface area (TPSA) is 45.2 Å². The summed E-state index contributed by atoms with van der Waals surface area (Å²) in [6.45, 7) is 0. The Morgan fingerprint density at radius 1 is 0.895 bits per heavy atom. The van der Waals surface area contributed by atoms with Crippen LogP contribution in [0.5, 0.6) is 0 Å². The normalized spacial score (nSPS) is 12.1. The van der Waals surface area contributed by atoms with Crippen molar-refractivity contribution >= 4 is 28.6 Å². The number of nitrogens with one attached hydrogen (secondary N) is 1. The second kappa shape index (κ2) is 4.90. The number of carbonyl (C=O) groups excluding carboxylic acids is 1. The van der Waals surface area contributed by atoms with Gasteiger partial charge in [0, 0.05) is 17.3 Å². The van der Waals surface area contributed by atoms with Crippen LogP contribution in [0.1, 0.15) is 10.4 Å². The predicted octanol–water partition coefficient (Wildman–Crippen LogP) is 3.75. The van der Waals surface area contributed by atoms with Crippen LogP contribution in [0.4, 0.5) is 5.69 Å². The highest BCUT2D eigenvalue weighted by atomic mass is 16.1. The average molecular weight is 248 g/mol. The van der Waals surface area contributed by atoms with Gasteiger partial charge in [-0.25, -0.2) is 0 Å². The zero-order valence-corrected chi connectivity index (χ0v) is 10.2. The summed E-state index contributed by atoms with van der Waals surface area (Å²) < 4.78 is 0. The summed E-state index contributed by atoms with van der Waals surface area (Å²) in [5.74, 6) is 0.00981. The van der Waals surface area contributed by atoms with Crippen LogP contribution >= 0.6 is 0 Å². The zero-order chi connectivity index (χ0) is 13.1. The molecular weight excluding hydrogens is 236 g/mol. The molecule has 92 valence electrons. The highest BCUT2D eigenvalue weighted by molar-refractivity contribution is 6.39. The Labute approximate surface area is 110 Å². The summed E-state index contributed by atoms with van der Waals surface area (Å²) in [5.41, 5.74) is 2.70. The molecule has 2 heterocycles. The molecule has 0 saturated carbocycles. The first kappa shape index (κ1) is 11.4. The maximum absolute atomic E-state index is 10.9. The summed E-state index contributed by atoms with van der Waals surface area (Å²) in [6, 6.07) is 17.6. The Hall–Kier alpha value is -2.68. The van der Waals surface area contributed by atoms with Gasteiger partial charge >= 0.3 is 0 Å². The Morgan fingerprint density at radius 3 is 2.53 bits per heavy atom. The molecule has 3 nitrogen and oxygen atoms in total. The first-order valence-corrected chi connectivity index (χ1v) is 6.04. The average Bonchev–Trinajstić information content (AvgIpc) is 3.07. The lowest BCUT2D eigenvalue weighted by atomic mass is 10.1. The first-order valence-electron chi connectivity index (χ1n) is 6.04. The van der Waals surface area contributed by atoms with Crippen molar-refractivity contribution in [3.05, 3.63) is 66.4 Å². The number of rotatable bonds is 0. The van der Waals surface area contributed by atoms with Gasteiger partial charge in [-0.1, -0.05) is 30.3 Å². The van der Waals surface area contributed by atoms with Crippen LogP contribution in [0.25, 0.3) is 10.9 Å². The number of para-hydroxylation sites is 2. The molecule has 0 radical (unpaired) electrons. The van der Waals surface area contributed by atoms with Crippen molar-refractivity contribution < 1.29 is 4.79 Å². The number of carbonyl (C=O) groups is 1. The van der Waals surface area contributed by atoms with Crippen LogP contribution in [-0.2, 0) is 0 Å². The molecule has 3 heteroatoms. The van der Waals surface area contributed by atoms with Gasteiger partial charge in [0.05, 0.1) is 11.9 Å². The maximum Gasteiger partial charge on any atom is 0.206 e. The van der Waals surface area contributed by atoms with Crippen LogP contribution < -0.4 is 0 Å². The van der Waals surface area contributed by atoms with E-state index in [0.717, 1.165) is 5.69 Å². The Balaban J connectivity index is 0.000000117. The number of hydrogen-bond donors (Lipinski definition) is 1. The third kappa shape index (κ3) is 2.31. The third-order valence-electron chi connectivity index (χ3n) is 2.95. The Kier molecular flexibility index (Phi) is 2.94. The highest BCUT2D eigenvalue weighted by Gasteiger charge is 2.12. The second-order valence-electron chi connectivity index (χ2n) is 4.20. The summed E-state index contributed by atoms with van der Waals surface area (Å²) in [5, 5.41) is 1.28. The lowest BCUT2D eigenvalue weighted by molar-refractivity contribution is 0.107. The summed E-state index contributed by atoms with van der Waals surface area (Å²) >= 11 is 0. The molecule has 2 aromatic carbocycles. The van der Waals surface area contributed by atoms with Gasteiger partial charge in [0.1, 0.15) is 0 Å². The van der Waals surface area contributed by atoms with Crippen molar-refractivity contribution in [3.8, 4) is 0 Å². The van der Waals surface area contributed by atoms with E-state index in [1.807, 2.05) is 36.5 Å². The molecule has 0 fully saturated rings. The molecule has 0 amide bonds. The molecule has 0 saturated heterocycles. The molecule has 1 aliphatic heterocycles. The summed E-state index contributed by atoms with van der Waals surface area (Å²) in [6.07, 6.45) is 3.30. The molecule has 1 N–H and O–H groups in total. The van der Waals surface area contributed by atoms with Gasteiger partial charge in [-0.2, -0.15) is 0 Å². The van der Waals surface area contributed by atoms with Crippen molar-refractivity contribution in [1.29, 1.82) is 0 Å². The van der Waals surface area contributed by atoms with E-state index in [1.54, 1.807) is 6.07 Å². The zero-order valence-electron chi connectivity index (χ0n) is 10.2. The maximum atomic E-state index is 10.9. The number of fused-ring (bicyclic) bond motifs is 2. The van der Waals surface area contributed by atoms with E-state index in [0.29, 0.717) is 5.56 Å².